The quantitative estimate of drug-likeness (QED) is 0.290. The first-order valence-electron chi connectivity index (χ1n) is 13.2. The van der Waals surface area contributed by atoms with Crippen LogP contribution in [0.2, 0.25) is 0 Å². The van der Waals surface area contributed by atoms with Crippen LogP contribution in [-0.4, -0.2) is 82.5 Å². The number of nitrogens with one attached hydrogen (secondary N) is 3. The van der Waals surface area contributed by atoms with Crippen molar-refractivity contribution in [2.24, 2.45) is 23.7 Å². The van der Waals surface area contributed by atoms with E-state index in [1.807, 2.05) is 6.92 Å². The molecule has 0 radical (unpaired) electrons. The second-order valence-corrected chi connectivity index (χ2v) is 11.5. The minimum Gasteiger partial charge on any atom is -0.356 e. The van der Waals surface area contributed by atoms with E-state index in [9.17, 15) is 32.8 Å². The number of fused-ring (bicyclic) bond motifs is 1. The Bertz CT molecular complexity index is 946. The van der Waals surface area contributed by atoms with Crippen LogP contribution in [0.5, 0.6) is 0 Å². The summed E-state index contributed by atoms with van der Waals surface area (Å²) < 4.78 is 28.1. The summed E-state index contributed by atoms with van der Waals surface area (Å²) in [5.74, 6) is -4.84. The largest absolute Gasteiger partial charge is 0.356 e. The number of nitrogens with zero attached hydrogens (tertiary/aromatic N) is 2. The van der Waals surface area contributed by atoms with Crippen LogP contribution < -0.4 is 16.1 Å². The molecule has 1 aliphatic carbocycles. The van der Waals surface area contributed by atoms with E-state index in [4.69, 9.17) is 11.6 Å². The minimum absolute atomic E-state index is 0.0345. The highest BCUT2D eigenvalue weighted by Crippen LogP contribution is 2.43. The van der Waals surface area contributed by atoms with Gasteiger partial charge in [-0.3, -0.25) is 29.4 Å². The number of rotatable bonds is 9. The Labute approximate surface area is 226 Å². The molecule has 2 saturated heterocycles. The number of alkyl halides is 3. The van der Waals surface area contributed by atoms with Crippen LogP contribution in [0.1, 0.15) is 59.8 Å². The summed E-state index contributed by atoms with van der Waals surface area (Å²) in [5.41, 5.74) is -2.21. The molecule has 1 saturated carbocycles. The van der Waals surface area contributed by atoms with Gasteiger partial charge < -0.3 is 15.5 Å². The molecule has 214 valence electrons. The van der Waals surface area contributed by atoms with E-state index in [0.717, 1.165) is 31.7 Å². The molecule has 0 spiro atoms. The Morgan fingerprint density at radius 3 is 2.47 bits per heavy atom. The molecule has 3 unspecified atom stereocenters. The van der Waals surface area contributed by atoms with Crippen LogP contribution in [0.15, 0.2) is 0 Å². The maximum atomic E-state index is 14.3. The van der Waals surface area contributed by atoms with E-state index in [-0.39, 0.29) is 36.8 Å². The number of carbonyl (C=O) groups is 5. The number of hydrazine groups is 1. The highest BCUT2D eigenvalue weighted by atomic mass is 35.5. The Morgan fingerprint density at radius 1 is 1.24 bits per heavy atom. The Balaban J connectivity index is 1.86. The molecule has 3 N–H and O–H groups in total. The lowest BCUT2D eigenvalue weighted by Crippen LogP contribution is -2.60. The zero-order valence-corrected chi connectivity index (χ0v) is 23.0. The van der Waals surface area contributed by atoms with Crippen molar-refractivity contribution in [3.05, 3.63) is 0 Å². The van der Waals surface area contributed by atoms with Gasteiger partial charge in [0, 0.05) is 13.1 Å². The second kappa shape index (κ2) is 12.1. The smallest absolute Gasteiger partial charge is 0.291 e. The van der Waals surface area contributed by atoms with Crippen molar-refractivity contribution in [3.8, 4) is 0 Å². The first-order chi connectivity index (χ1) is 17.8. The molecule has 3 fully saturated rings. The van der Waals surface area contributed by atoms with E-state index in [2.05, 4.69) is 16.1 Å². The van der Waals surface area contributed by atoms with Gasteiger partial charge in [0.2, 0.25) is 11.8 Å². The SMILES string of the molecule is CCC(C)C(NC(=O)C(C)(C)F)C(=O)N1C[C@@H]2CCC[C@@H]2[C@H]1C(=O)NN(C[C@@H]1CCNC1=O)C(=O)C(F)Cl. The van der Waals surface area contributed by atoms with E-state index in [1.54, 1.807) is 6.92 Å². The Hall–Kier alpha value is -2.50. The fourth-order valence-corrected chi connectivity index (χ4v) is 5.71. The fourth-order valence-electron chi connectivity index (χ4n) is 5.59. The third-order valence-electron chi connectivity index (χ3n) is 8.01. The van der Waals surface area contributed by atoms with Gasteiger partial charge in [0.25, 0.3) is 23.4 Å². The number of amides is 5. The standard InChI is InChI=1S/C25H38ClF2N5O5/c1-5-13(2)17(30-24(38)25(3,4)28)22(36)32-11-14-7-6-8-16(14)18(32)21(35)31-33(23(37)19(26)27)12-15-9-10-29-20(15)34/h13-19H,5-12H2,1-4H3,(H,29,34)(H,30,38)(H,31,35)/t13?,14-,15-,16-,17?,18-,19?/m0/s1. The van der Waals surface area contributed by atoms with Crippen molar-refractivity contribution in [2.75, 3.05) is 19.6 Å². The van der Waals surface area contributed by atoms with Gasteiger partial charge in [-0.05, 0) is 50.9 Å². The molecular weight excluding hydrogens is 524 g/mol. The van der Waals surface area contributed by atoms with Crippen molar-refractivity contribution in [3.63, 3.8) is 0 Å². The highest BCUT2D eigenvalue weighted by Gasteiger charge is 2.51. The van der Waals surface area contributed by atoms with Gasteiger partial charge in [-0.25, -0.2) is 13.8 Å². The van der Waals surface area contributed by atoms with Gasteiger partial charge in [-0.15, -0.1) is 0 Å². The van der Waals surface area contributed by atoms with Gasteiger partial charge in [0.15, 0.2) is 5.67 Å². The average Bonchev–Trinajstić information content (AvgIpc) is 3.56. The highest BCUT2D eigenvalue weighted by molar-refractivity contribution is 6.29. The van der Waals surface area contributed by atoms with Crippen LogP contribution >= 0.6 is 11.6 Å². The Kier molecular flexibility index (Phi) is 9.59. The number of hydrogen-bond acceptors (Lipinski definition) is 5. The monoisotopic (exact) mass is 561 g/mol. The van der Waals surface area contributed by atoms with Gasteiger partial charge in [0.1, 0.15) is 12.1 Å². The molecule has 0 aromatic heterocycles. The summed E-state index contributed by atoms with van der Waals surface area (Å²) in [6.45, 7) is 6.19. The topological polar surface area (TPSA) is 128 Å². The molecule has 2 heterocycles. The van der Waals surface area contributed by atoms with Crippen molar-refractivity contribution >= 4 is 41.1 Å². The van der Waals surface area contributed by atoms with Crippen LogP contribution in [0.3, 0.4) is 0 Å². The molecule has 0 aromatic rings. The molecular formula is C25H38ClF2N5O5. The number of hydrogen-bond donors (Lipinski definition) is 3. The van der Waals surface area contributed by atoms with Crippen molar-refractivity contribution < 1.29 is 32.8 Å². The van der Waals surface area contributed by atoms with Gasteiger partial charge in [-0.2, -0.15) is 0 Å². The molecule has 2 aliphatic heterocycles. The summed E-state index contributed by atoms with van der Waals surface area (Å²) in [6, 6.07) is -2.05. The fraction of sp³-hybridized carbons (Fsp3) is 0.800. The van der Waals surface area contributed by atoms with E-state index in [1.165, 1.54) is 4.90 Å². The lowest BCUT2D eigenvalue weighted by atomic mass is 9.93. The van der Waals surface area contributed by atoms with Crippen molar-refractivity contribution in [1.82, 2.24) is 26.0 Å². The minimum atomic E-state index is -2.44. The third-order valence-corrected chi connectivity index (χ3v) is 8.20. The van der Waals surface area contributed by atoms with Crippen molar-refractivity contribution in [1.29, 1.82) is 0 Å². The summed E-state index contributed by atoms with van der Waals surface area (Å²) in [4.78, 5) is 65.8. The molecule has 3 aliphatic rings. The molecule has 3 rings (SSSR count). The van der Waals surface area contributed by atoms with E-state index < -0.39 is 52.9 Å². The number of likely N-dealkylation sites (tertiary alicyclic amines) is 1. The molecule has 10 nitrogen and oxygen atoms in total. The van der Waals surface area contributed by atoms with Gasteiger partial charge >= 0.3 is 0 Å². The lowest BCUT2D eigenvalue weighted by molar-refractivity contribution is -0.150. The normalized spacial score (nSPS) is 27.2. The van der Waals surface area contributed by atoms with Crippen LogP contribution in [0.25, 0.3) is 0 Å². The predicted octanol–water partition coefficient (Wildman–Crippen LogP) is 1.42. The van der Waals surface area contributed by atoms with Crippen LogP contribution in [-0.2, 0) is 24.0 Å². The molecule has 0 aromatic carbocycles. The number of halogens is 3. The van der Waals surface area contributed by atoms with Crippen molar-refractivity contribution in [2.45, 2.75) is 83.2 Å². The summed E-state index contributed by atoms with van der Waals surface area (Å²) >= 11 is 5.39. The maximum Gasteiger partial charge on any atom is 0.291 e. The van der Waals surface area contributed by atoms with E-state index in [0.29, 0.717) is 25.8 Å². The Morgan fingerprint density at radius 2 is 1.92 bits per heavy atom. The summed E-state index contributed by atoms with van der Waals surface area (Å²) in [5, 5.41) is 5.87. The maximum absolute atomic E-state index is 14.3. The summed E-state index contributed by atoms with van der Waals surface area (Å²) in [7, 11) is 0. The molecule has 7 atom stereocenters. The van der Waals surface area contributed by atoms with Gasteiger partial charge in [0.05, 0.1) is 12.5 Å². The van der Waals surface area contributed by atoms with E-state index >= 15 is 0 Å². The first kappa shape index (κ1) is 30.0. The molecule has 0 bridgehead atoms. The molecule has 13 heteroatoms. The summed E-state index contributed by atoms with van der Waals surface area (Å²) in [6.07, 6.45) is 3.25. The molecule has 5 amide bonds. The molecule has 38 heavy (non-hydrogen) atoms. The zero-order chi connectivity index (χ0) is 28.4. The predicted molar refractivity (Wildman–Crippen MR) is 135 cm³/mol. The van der Waals surface area contributed by atoms with Gasteiger partial charge in [-0.1, -0.05) is 38.3 Å². The average molecular weight is 562 g/mol. The second-order valence-electron chi connectivity index (χ2n) is 11.1. The van der Waals surface area contributed by atoms with Crippen LogP contribution in [0.4, 0.5) is 8.78 Å². The third kappa shape index (κ3) is 6.55. The lowest BCUT2D eigenvalue weighted by Gasteiger charge is -2.35. The zero-order valence-electron chi connectivity index (χ0n) is 22.3. The number of carbonyl (C=O) groups excluding carboxylic acids is 5. The first-order valence-corrected chi connectivity index (χ1v) is 13.7. The van der Waals surface area contributed by atoms with Crippen LogP contribution in [0, 0.1) is 23.7 Å².